The average Bonchev–Trinajstić information content (AvgIpc) is 2.97. The number of piperazine rings is 1. The molecule has 2 fully saturated rings. The van der Waals surface area contributed by atoms with Gasteiger partial charge in [-0.15, -0.1) is 0 Å². The van der Waals surface area contributed by atoms with E-state index in [4.69, 9.17) is 4.74 Å². The first-order chi connectivity index (χ1) is 15.6. The highest BCUT2D eigenvalue weighted by atomic mass is 16.5. The maximum absolute atomic E-state index is 12.8. The van der Waals surface area contributed by atoms with Crippen LogP contribution in [0.25, 0.3) is 0 Å². The molecule has 0 saturated carbocycles. The summed E-state index contributed by atoms with van der Waals surface area (Å²) in [6, 6.07) is 0. The van der Waals surface area contributed by atoms with Crippen LogP contribution in [0.15, 0.2) is 9.59 Å². The Labute approximate surface area is 190 Å². The lowest BCUT2D eigenvalue weighted by Crippen LogP contribution is -2.63. The minimum atomic E-state index is -0.886. The summed E-state index contributed by atoms with van der Waals surface area (Å²) in [6.45, 7) is 5.43. The van der Waals surface area contributed by atoms with Crippen molar-refractivity contribution in [2.45, 2.75) is 69.9 Å². The molecule has 2 saturated heterocycles. The van der Waals surface area contributed by atoms with Crippen molar-refractivity contribution in [3.05, 3.63) is 26.4 Å². The number of likely N-dealkylation sites (tertiary alicyclic amines) is 1. The Hall–Kier alpha value is -3.11. The van der Waals surface area contributed by atoms with Gasteiger partial charge in [0.1, 0.15) is 11.1 Å². The van der Waals surface area contributed by atoms with E-state index in [2.05, 4.69) is 15.3 Å². The van der Waals surface area contributed by atoms with Crippen LogP contribution in [0.3, 0.4) is 0 Å². The van der Waals surface area contributed by atoms with E-state index >= 15 is 0 Å². The fourth-order valence-corrected chi connectivity index (χ4v) is 5.03. The third-order valence-electron chi connectivity index (χ3n) is 7.00. The molecule has 11 heteroatoms. The zero-order valence-corrected chi connectivity index (χ0v) is 19.1. The zero-order chi connectivity index (χ0) is 23.8. The highest BCUT2D eigenvalue weighted by molar-refractivity contribution is 5.92. The van der Waals surface area contributed by atoms with Crippen molar-refractivity contribution in [1.29, 1.82) is 0 Å². The minimum absolute atomic E-state index is 0.0164. The summed E-state index contributed by atoms with van der Waals surface area (Å²) in [5, 5.41) is 2.77. The monoisotopic (exact) mass is 461 g/mol. The summed E-state index contributed by atoms with van der Waals surface area (Å²) >= 11 is 0. The van der Waals surface area contributed by atoms with Gasteiger partial charge in [-0.3, -0.25) is 29.1 Å². The van der Waals surface area contributed by atoms with E-state index in [-0.39, 0.29) is 36.4 Å². The predicted octanol–water partition coefficient (Wildman–Crippen LogP) is -0.343. The van der Waals surface area contributed by atoms with Crippen molar-refractivity contribution in [1.82, 2.24) is 25.1 Å². The number of aromatic nitrogens is 2. The van der Waals surface area contributed by atoms with Crippen LogP contribution in [0, 0.1) is 0 Å². The molecule has 4 heterocycles. The smallest absolute Gasteiger partial charge is 0.328 e. The van der Waals surface area contributed by atoms with E-state index in [0.717, 1.165) is 6.42 Å². The molecule has 0 bridgehead atoms. The van der Waals surface area contributed by atoms with Crippen LogP contribution in [0.1, 0.15) is 57.9 Å². The number of rotatable bonds is 4. The van der Waals surface area contributed by atoms with Gasteiger partial charge >= 0.3 is 5.69 Å². The van der Waals surface area contributed by atoms with Gasteiger partial charge in [0.2, 0.25) is 23.6 Å². The van der Waals surface area contributed by atoms with E-state index in [1.807, 2.05) is 0 Å². The molecule has 1 aromatic rings. The van der Waals surface area contributed by atoms with Crippen LogP contribution < -0.4 is 21.3 Å². The van der Waals surface area contributed by atoms with Gasteiger partial charge in [0.15, 0.2) is 0 Å². The third-order valence-corrected chi connectivity index (χ3v) is 7.00. The molecule has 0 aliphatic carbocycles. The van der Waals surface area contributed by atoms with Crippen molar-refractivity contribution in [3.8, 4) is 5.88 Å². The molecule has 0 radical (unpaired) electrons. The van der Waals surface area contributed by atoms with Gasteiger partial charge in [0, 0.05) is 51.9 Å². The number of carbonyl (C=O) groups is 3. The van der Waals surface area contributed by atoms with E-state index in [0.29, 0.717) is 57.4 Å². The van der Waals surface area contributed by atoms with Crippen LogP contribution >= 0.6 is 0 Å². The van der Waals surface area contributed by atoms with Gasteiger partial charge in [-0.05, 0) is 33.1 Å². The lowest BCUT2D eigenvalue weighted by atomic mass is 9.90. The first kappa shape index (κ1) is 23.1. The molecule has 3 aliphatic rings. The fourth-order valence-electron chi connectivity index (χ4n) is 5.03. The summed E-state index contributed by atoms with van der Waals surface area (Å²) in [7, 11) is 0. The number of nitrogens with one attached hydrogen (secondary N) is 3. The van der Waals surface area contributed by atoms with E-state index < -0.39 is 22.4 Å². The van der Waals surface area contributed by atoms with Crippen LogP contribution in [0.2, 0.25) is 0 Å². The standard InChI is InChI=1S/C22H31N5O6/c1-21(2)19(31)23-9-12-27(21)16(29)6-3-5-15(28)26-10-4-7-22(8-11-26)13-14-17(30)24-20(32)25-18(14)33-22/h3-13H2,1-2H3,(H,23,31)(H2,24,25,30,32). The van der Waals surface area contributed by atoms with E-state index in [9.17, 15) is 24.0 Å². The Morgan fingerprint density at radius 1 is 1.00 bits per heavy atom. The first-order valence-electron chi connectivity index (χ1n) is 11.5. The van der Waals surface area contributed by atoms with Crippen LogP contribution in [0.4, 0.5) is 0 Å². The second-order valence-electron chi connectivity index (χ2n) is 9.63. The summed E-state index contributed by atoms with van der Waals surface area (Å²) < 4.78 is 6.02. The number of ether oxygens (including phenoxy) is 1. The molecule has 180 valence electrons. The van der Waals surface area contributed by atoms with Gasteiger partial charge < -0.3 is 19.9 Å². The number of H-pyrrole nitrogens is 2. The average molecular weight is 462 g/mol. The molecule has 11 nitrogen and oxygen atoms in total. The van der Waals surface area contributed by atoms with Gasteiger partial charge in [-0.2, -0.15) is 0 Å². The van der Waals surface area contributed by atoms with Gasteiger partial charge in [0.25, 0.3) is 5.56 Å². The van der Waals surface area contributed by atoms with Gasteiger partial charge in [0.05, 0.1) is 5.56 Å². The van der Waals surface area contributed by atoms with Gasteiger partial charge in [-0.1, -0.05) is 0 Å². The lowest BCUT2D eigenvalue weighted by molar-refractivity contribution is -0.149. The Balaban J connectivity index is 1.29. The second-order valence-corrected chi connectivity index (χ2v) is 9.63. The highest BCUT2D eigenvalue weighted by Gasteiger charge is 2.43. The first-order valence-corrected chi connectivity index (χ1v) is 11.5. The molecular formula is C22H31N5O6. The summed E-state index contributed by atoms with van der Waals surface area (Å²) in [5.41, 5.74) is -2.05. The molecule has 3 aliphatic heterocycles. The lowest BCUT2D eigenvalue weighted by Gasteiger charge is -2.41. The van der Waals surface area contributed by atoms with Crippen molar-refractivity contribution in [3.63, 3.8) is 0 Å². The van der Waals surface area contributed by atoms with Crippen molar-refractivity contribution >= 4 is 17.7 Å². The maximum Gasteiger partial charge on any atom is 0.328 e. The number of fused-ring (bicyclic) bond motifs is 1. The summed E-state index contributed by atoms with van der Waals surface area (Å²) in [6.07, 6.45) is 3.26. The quantitative estimate of drug-likeness (QED) is 0.559. The van der Waals surface area contributed by atoms with Crippen molar-refractivity contribution < 1.29 is 19.1 Å². The fraction of sp³-hybridized carbons (Fsp3) is 0.682. The molecule has 0 aromatic carbocycles. The summed E-state index contributed by atoms with van der Waals surface area (Å²) in [4.78, 5) is 69.3. The normalized spacial score (nSPS) is 24.1. The minimum Gasteiger partial charge on any atom is -0.471 e. The van der Waals surface area contributed by atoms with Crippen LogP contribution in [-0.2, 0) is 20.8 Å². The highest BCUT2D eigenvalue weighted by Crippen LogP contribution is 2.37. The number of hydrogen-bond acceptors (Lipinski definition) is 6. The predicted molar refractivity (Wildman–Crippen MR) is 118 cm³/mol. The number of nitrogens with zero attached hydrogens (tertiary/aromatic N) is 2. The van der Waals surface area contributed by atoms with E-state index in [1.165, 1.54) is 0 Å². The SMILES string of the molecule is CC1(C)C(=O)NCCN1C(=O)CCCC(=O)N1CCCC2(CC1)Cc1c([nH]c(=O)[nH]c1=O)O2. The topological polar surface area (TPSA) is 145 Å². The second kappa shape index (κ2) is 8.68. The molecule has 3 N–H and O–H groups in total. The van der Waals surface area contributed by atoms with Crippen LogP contribution in [0.5, 0.6) is 5.88 Å². The number of carbonyl (C=O) groups excluding carboxylic acids is 3. The molecule has 1 unspecified atom stereocenters. The molecular weight excluding hydrogens is 430 g/mol. The Morgan fingerprint density at radius 3 is 2.55 bits per heavy atom. The summed E-state index contributed by atoms with van der Waals surface area (Å²) in [5.74, 6) is -0.0681. The molecule has 3 amide bonds. The third kappa shape index (κ3) is 4.53. The molecule has 1 atom stereocenters. The van der Waals surface area contributed by atoms with Crippen molar-refractivity contribution in [2.75, 3.05) is 26.2 Å². The zero-order valence-electron chi connectivity index (χ0n) is 19.1. The number of aromatic amines is 2. The number of hydrogen-bond donors (Lipinski definition) is 3. The Morgan fingerprint density at radius 2 is 1.76 bits per heavy atom. The van der Waals surface area contributed by atoms with E-state index in [1.54, 1.807) is 23.6 Å². The Kier molecular flexibility index (Phi) is 6.06. The largest absolute Gasteiger partial charge is 0.471 e. The molecule has 33 heavy (non-hydrogen) atoms. The number of amides is 3. The molecule has 4 rings (SSSR count). The molecule has 1 aromatic heterocycles. The van der Waals surface area contributed by atoms with Crippen molar-refractivity contribution in [2.24, 2.45) is 0 Å². The van der Waals surface area contributed by atoms with Crippen LogP contribution in [-0.4, -0.2) is 74.8 Å². The Bertz CT molecular complexity index is 1080. The molecule has 1 spiro atoms. The maximum atomic E-state index is 12.8. The van der Waals surface area contributed by atoms with Gasteiger partial charge in [-0.25, -0.2) is 4.79 Å².